The minimum Gasteiger partial charge on any atom is -0.308 e. The molecule has 0 amide bonds. The van der Waals surface area contributed by atoms with Gasteiger partial charge < -0.3 is 5.43 Å². The molecule has 1 aliphatic rings. The van der Waals surface area contributed by atoms with Crippen molar-refractivity contribution in [3.8, 4) is 0 Å². The molecule has 1 aliphatic heterocycles. The van der Waals surface area contributed by atoms with E-state index in [4.69, 9.17) is 5.84 Å². The zero-order chi connectivity index (χ0) is 15.0. The molecule has 2 aromatic rings. The van der Waals surface area contributed by atoms with E-state index >= 15 is 0 Å². The van der Waals surface area contributed by atoms with Crippen LogP contribution in [0.3, 0.4) is 0 Å². The molecule has 114 valence electrons. The average molecular weight is 289 g/mol. The maximum atomic E-state index is 5.58. The second kappa shape index (κ2) is 5.57. The number of nitrogen functional groups attached to an aromatic ring is 1. The van der Waals surface area contributed by atoms with E-state index in [0.29, 0.717) is 11.9 Å². The fourth-order valence-corrected chi connectivity index (χ4v) is 3.12. The van der Waals surface area contributed by atoms with Crippen LogP contribution in [-0.2, 0) is 13.6 Å². The predicted molar refractivity (Wildman–Crippen MR) is 82.4 cm³/mol. The number of anilines is 1. The van der Waals surface area contributed by atoms with Gasteiger partial charge in [0.2, 0.25) is 0 Å². The summed E-state index contributed by atoms with van der Waals surface area (Å²) in [6, 6.07) is 0.564. The van der Waals surface area contributed by atoms with Crippen LogP contribution < -0.4 is 11.3 Å². The Hall–Kier alpha value is -1.73. The molecular weight excluding hydrogens is 266 g/mol. The zero-order valence-electron chi connectivity index (χ0n) is 12.9. The highest BCUT2D eigenvalue weighted by atomic mass is 15.3. The van der Waals surface area contributed by atoms with Crippen LogP contribution in [0.15, 0.2) is 6.20 Å². The number of aromatic nitrogens is 4. The summed E-state index contributed by atoms with van der Waals surface area (Å²) in [4.78, 5) is 11.6. The summed E-state index contributed by atoms with van der Waals surface area (Å²) in [6.07, 6.45) is 4.20. The first-order valence-corrected chi connectivity index (χ1v) is 7.47. The molecule has 0 spiro atoms. The van der Waals surface area contributed by atoms with Crippen LogP contribution in [0, 0.1) is 5.92 Å². The van der Waals surface area contributed by atoms with E-state index in [1.54, 1.807) is 10.9 Å². The molecule has 7 heteroatoms. The van der Waals surface area contributed by atoms with Gasteiger partial charge in [0.15, 0.2) is 11.5 Å². The Bertz CT molecular complexity index is 636. The van der Waals surface area contributed by atoms with Gasteiger partial charge in [-0.1, -0.05) is 6.92 Å². The maximum absolute atomic E-state index is 5.58. The average Bonchev–Trinajstić information content (AvgIpc) is 2.83. The minimum absolute atomic E-state index is 0.564. The van der Waals surface area contributed by atoms with Crippen molar-refractivity contribution in [2.45, 2.75) is 39.3 Å². The van der Waals surface area contributed by atoms with Crippen LogP contribution in [-0.4, -0.2) is 37.2 Å². The summed E-state index contributed by atoms with van der Waals surface area (Å²) in [6.45, 7) is 6.45. The van der Waals surface area contributed by atoms with E-state index in [1.807, 2.05) is 7.05 Å². The maximum Gasteiger partial charge on any atom is 0.163 e. The minimum atomic E-state index is 0.564. The Morgan fingerprint density at radius 2 is 2.19 bits per heavy atom. The topological polar surface area (TPSA) is 84.9 Å². The number of nitrogens with one attached hydrogen (secondary N) is 1. The van der Waals surface area contributed by atoms with Crippen molar-refractivity contribution < 1.29 is 0 Å². The molecule has 21 heavy (non-hydrogen) atoms. The lowest BCUT2D eigenvalue weighted by Crippen LogP contribution is -2.40. The first-order valence-electron chi connectivity index (χ1n) is 7.47. The second-order valence-electron chi connectivity index (χ2n) is 6.09. The SMILES string of the molecule is CC1CCN(Cc2nc(NN)c3cnn(C)c3n2)C(C)C1. The lowest BCUT2D eigenvalue weighted by atomic mass is 9.93. The lowest BCUT2D eigenvalue weighted by molar-refractivity contribution is 0.119. The van der Waals surface area contributed by atoms with Crippen LogP contribution in [0.5, 0.6) is 0 Å². The van der Waals surface area contributed by atoms with Crippen molar-refractivity contribution in [3.05, 3.63) is 12.0 Å². The molecule has 2 aromatic heterocycles. The molecule has 3 N–H and O–H groups in total. The number of nitrogens with zero attached hydrogens (tertiary/aromatic N) is 5. The Morgan fingerprint density at radius 1 is 1.38 bits per heavy atom. The standard InChI is InChI=1S/C14H23N7/c1-9-4-5-21(10(2)6-9)8-12-17-13(19-15)11-7-16-20(3)14(11)18-12/h7,9-10H,4-6,8,15H2,1-3H3,(H,17,18,19). The molecule has 3 rings (SSSR count). The van der Waals surface area contributed by atoms with Crippen molar-refractivity contribution in [3.63, 3.8) is 0 Å². The number of piperidine rings is 1. The fourth-order valence-electron chi connectivity index (χ4n) is 3.12. The van der Waals surface area contributed by atoms with Crippen LogP contribution >= 0.6 is 0 Å². The van der Waals surface area contributed by atoms with E-state index in [-0.39, 0.29) is 0 Å². The van der Waals surface area contributed by atoms with Gasteiger partial charge in [0.05, 0.1) is 18.1 Å². The molecule has 0 radical (unpaired) electrons. The van der Waals surface area contributed by atoms with E-state index in [2.05, 4.69) is 39.2 Å². The highest BCUT2D eigenvalue weighted by Gasteiger charge is 2.24. The molecule has 2 unspecified atom stereocenters. The Morgan fingerprint density at radius 3 is 2.90 bits per heavy atom. The Balaban J connectivity index is 1.88. The highest BCUT2D eigenvalue weighted by Crippen LogP contribution is 2.24. The van der Waals surface area contributed by atoms with Crippen LogP contribution in [0.25, 0.3) is 11.0 Å². The number of likely N-dealkylation sites (tertiary alicyclic amines) is 1. The van der Waals surface area contributed by atoms with E-state index in [9.17, 15) is 0 Å². The second-order valence-corrected chi connectivity index (χ2v) is 6.09. The number of hydrogen-bond acceptors (Lipinski definition) is 6. The van der Waals surface area contributed by atoms with Crippen molar-refractivity contribution in [1.82, 2.24) is 24.6 Å². The van der Waals surface area contributed by atoms with Gasteiger partial charge in [0.1, 0.15) is 5.82 Å². The molecule has 0 saturated carbocycles. The quantitative estimate of drug-likeness (QED) is 0.654. The van der Waals surface area contributed by atoms with Gasteiger partial charge in [-0.15, -0.1) is 0 Å². The summed E-state index contributed by atoms with van der Waals surface area (Å²) in [7, 11) is 1.88. The van der Waals surface area contributed by atoms with Gasteiger partial charge in [-0.25, -0.2) is 15.8 Å². The summed E-state index contributed by atoms with van der Waals surface area (Å²) in [5, 5.41) is 5.07. The van der Waals surface area contributed by atoms with Crippen molar-refractivity contribution >= 4 is 16.9 Å². The first kappa shape index (κ1) is 14.2. The zero-order valence-corrected chi connectivity index (χ0v) is 12.9. The van der Waals surface area contributed by atoms with Crippen molar-refractivity contribution in [2.75, 3.05) is 12.0 Å². The molecule has 1 fully saturated rings. The third kappa shape index (κ3) is 2.71. The van der Waals surface area contributed by atoms with Gasteiger partial charge in [0, 0.05) is 13.1 Å². The summed E-state index contributed by atoms with van der Waals surface area (Å²) >= 11 is 0. The number of aryl methyl sites for hydroxylation is 1. The van der Waals surface area contributed by atoms with Gasteiger partial charge in [-0.05, 0) is 32.2 Å². The molecule has 1 saturated heterocycles. The van der Waals surface area contributed by atoms with E-state index in [1.165, 1.54) is 12.8 Å². The predicted octanol–water partition coefficient (Wildman–Crippen LogP) is 1.27. The van der Waals surface area contributed by atoms with E-state index in [0.717, 1.165) is 35.9 Å². The fraction of sp³-hybridized carbons (Fsp3) is 0.643. The Kier molecular flexibility index (Phi) is 3.77. The molecule has 0 aliphatic carbocycles. The normalized spacial score (nSPS) is 23.6. The van der Waals surface area contributed by atoms with Crippen LogP contribution in [0.4, 0.5) is 5.82 Å². The smallest absolute Gasteiger partial charge is 0.163 e. The molecule has 0 bridgehead atoms. The number of fused-ring (bicyclic) bond motifs is 1. The summed E-state index contributed by atoms with van der Waals surface area (Å²) in [5.74, 6) is 7.82. The molecule has 7 nitrogen and oxygen atoms in total. The third-order valence-electron chi connectivity index (χ3n) is 4.40. The highest BCUT2D eigenvalue weighted by molar-refractivity contribution is 5.86. The summed E-state index contributed by atoms with van der Waals surface area (Å²) < 4.78 is 1.75. The lowest BCUT2D eigenvalue weighted by Gasteiger charge is -2.35. The van der Waals surface area contributed by atoms with E-state index < -0.39 is 0 Å². The van der Waals surface area contributed by atoms with Crippen LogP contribution in [0.1, 0.15) is 32.5 Å². The first-order chi connectivity index (χ1) is 10.1. The van der Waals surface area contributed by atoms with Gasteiger partial charge >= 0.3 is 0 Å². The van der Waals surface area contributed by atoms with Gasteiger partial charge in [-0.3, -0.25) is 9.58 Å². The van der Waals surface area contributed by atoms with Gasteiger partial charge in [0.25, 0.3) is 0 Å². The van der Waals surface area contributed by atoms with Gasteiger partial charge in [-0.2, -0.15) is 5.10 Å². The third-order valence-corrected chi connectivity index (χ3v) is 4.40. The van der Waals surface area contributed by atoms with Crippen molar-refractivity contribution in [2.24, 2.45) is 18.8 Å². The largest absolute Gasteiger partial charge is 0.308 e. The molecule has 0 aromatic carbocycles. The molecule has 3 heterocycles. The number of rotatable bonds is 3. The summed E-state index contributed by atoms with van der Waals surface area (Å²) in [5.41, 5.74) is 3.47. The molecule has 2 atom stereocenters. The number of nitrogens with two attached hydrogens (primary N) is 1. The Labute approximate surface area is 124 Å². The number of hydrogen-bond donors (Lipinski definition) is 2. The van der Waals surface area contributed by atoms with Crippen molar-refractivity contribution in [1.29, 1.82) is 0 Å². The van der Waals surface area contributed by atoms with Crippen LogP contribution in [0.2, 0.25) is 0 Å². The molecular formula is C14H23N7. The monoisotopic (exact) mass is 289 g/mol. The number of hydrazine groups is 1.